The van der Waals surface area contributed by atoms with E-state index in [1.165, 1.54) is 0 Å². The van der Waals surface area contributed by atoms with Crippen molar-refractivity contribution >= 4 is 5.82 Å². The number of hydrogen-bond acceptors (Lipinski definition) is 5. The van der Waals surface area contributed by atoms with Gasteiger partial charge in [0.2, 0.25) is 0 Å². The molecule has 1 N–H and O–H groups in total. The van der Waals surface area contributed by atoms with Crippen LogP contribution in [0.15, 0.2) is 24.5 Å². The Balaban J connectivity index is 1.79. The normalized spacial score (nSPS) is 23.8. The number of hydrogen-bond donors (Lipinski definition) is 1. The SMILES string of the molecule is C1=CC(c2nccc(N3CCOCC3)n2)CCN1. The Bertz CT molecular complexity index is 429. The van der Waals surface area contributed by atoms with E-state index in [4.69, 9.17) is 9.72 Å². The third-order valence-corrected chi connectivity index (χ3v) is 3.37. The van der Waals surface area contributed by atoms with E-state index in [1.807, 2.05) is 18.5 Å². The summed E-state index contributed by atoms with van der Waals surface area (Å²) in [7, 11) is 0. The first-order valence-corrected chi connectivity index (χ1v) is 6.49. The number of morpholine rings is 1. The molecule has 2 aliphatic rings. The van der Waals surface area contributed by atoms with E-state index in [0.717, 1.165) is 50.9 Å². The van der Waals surface area contributed by atoms with Crippen LogP contribution < -0.4 is 10.2 Å². The minimum absolute atomic E-state index is 0.340. The Morgan fingerprint density at radius 3 is 3.00 bits per heavy atom. The van der Waals surface area contributed by atoms with Crippen molar-refractivity contribution in [2.75, 3.05) is 37.7 Å². The molecule has 1 saturated heterocycles. The number of nitrogens with one attached hydrogen (secondary N) is 1. The van der Waals surface area contributed by atoms with Crippen molar-refractivity contribution in [3.8, 4) is 0 Å². The fourth-order valence-electron chi connectivity index (χ4n) is 2.33. The van der Waals surface area contributed by atoms with Gasteiger partial charge in [-0.2, -0.15) is 0 Å². The van der Waals surface area contributed by atoms with E-state index in [2.05, 4.69) is 21.3 Å². The lowest BCUT2D eigenvalue weighted by molar-refractivity contribution is 0.122. The van der Waals surface area contributed by atoms with Crippen LogP contribution in [0, 0.1) is 0 Å². The second-order valence-corrected chi connectivity index (χ2v) is 4.58. The third-order valence-electron chi connectivity index (χ3n) is 3.37. The van der Waals surface area contributed by atoms with Crippen molar-refractivity contribution < 1.29 is 4.74 Å². The van der Waals surface area contributed by atoms with Gasteiger partial charge in [-0.3, -0.25) is 0 Å². The summed E-state index contributed by atoms with van der Waals surface area (Å²) in [6.07, 6.45) is 7.06. The number of anilines is 1. The molecule has 96 valence electrons. The summed E-state index contributed by atoms with van der Waals surface area (Å²) in [5.74, 6) is 2.29. The topological polar surface area (TPSA) is 50.3 Å². The Hall–Kier alpha value is -1.62. The maximum Gasteiger partial charge on any atom is 0.137 e. The molecule has 0 amide bonds. The minimum atomic E-state index is 0.340. The zero-order chi connectivity index (χ0) is 12.2. The highest BCUT2D eigenvalue weighted by Gasteiger charge is 2.17. The molecular weight excluding hydrogens is 228 g/mol. The van der Waals surface area contributed by atoms with Gasteiger partial charge in [0.05, 0.1) is 13.2 Å². The summed E-state index contributed by atoms with van der Waals surface area (Å²) in [6.45, 7) is 4.39. The Kier molecular flexibility index (Phi) is 3.41. The summed E-state index contributed by atoms with van der Waals surface area (Å²) in [5.41, 5.74) is 0. The third kappa shape index (κ3) is 2.46. The fourth-order valence-corrected chi connectivity index (χ4v) is 2.33. The first-order valence-electron chi connectivity index (χ1n) is 6.49. The van der Waals surface area contributed by atoms with Crippen LogP contribution in [-0.2, 0) is 4.74 Å². The van der Waals surface area contributed by atoms with E-state index < -0.39 is 0 Å². The molecule has 1 aromatic heterocycles. The predicted octanol–water partition coefficient (Wildman–Crippen LogP) is 0.904. The molecule has 18 heavy (non-hydrogen) atoms. The van der Waals surface area contributed by atoms with Gasteiger partial charge in [0.15, 0.2) is 0 Å². The van der Waals surface area contributed by atoms with Crippen LogP contribution in [0.1, 0.15) is 18.2 Å². The largest absolute Gasteiger partial charge is 0.391 e. The molecular formula is C13H18N4O. The second-order valence-electron chi connectivity index (χ2n) is 4.58. The zero-order valence-electron chi connectivity index (χ0n) is 10.4. The van der Waals surface area contributed by atoms with E-state index >= 15 is 0 Å². The smallest absolute Gasteiger partial charge is 0.137 e. The van der Waals surface area contributed by atoms with Gasteiger partial charge >= 0.3 is 0 Å². The molecule has 3 heterocycles. The van der Waals surface area contributed by atoms with Crippen LogP contribution in [0.3, 0.4) is 0 Å². The zero-order valence-corrected chi connectivity index (χ0v) is 10.4. The summed E-state index contributed by atoms with van der Waals surface area (Å²) in [5, 5.41) is 3.20. The summed E-state index contributed by atoms with van der Waals surface area (Å²) < 4.78 is 5.36. The lowest BCUT2D eigenvalue weighted by atomic mass is 10.0. The number of aromatic nitrogens is 2. The molecule has 0 bridgehead atoms. The van der Waals surface area contributed by atoms with Crippen molar-refractivity contribution in [1.29, 1.82) is 0 Å². The second kappa shape index (κ2) is 5.35. The van der Waals surface area contributed by atoms with Gasteiger partial charge in [0.25, 0.3) is 0 Å². The van der Waals surface area contributed by atoms with E-state index in [9.17, 15) is 0 Å². The van der Waals surface area contributed by atoms with Crippen LogP contribution in [-0.4, -0.2) is 42.8 Å². The van der Waals surface area contributed by atoms with Gasteiger partial charge in [0, 0.05) is 31.7 Å². The summed E-state index contributed by atoms with van der Waals surface area (Å²) in [6, 6.07) is 1.99. The van der Waals surface area contributed by atoms with Crippen LogP contribution >= 0.6 is 0 Å². The van der Waals surface area contributed by atoms with Crippen molar-refractivity contribution in [3.05, 3.63) is 30.4 Å². The van der Waals surface area contributed by atoms with Crippen LogP contribution in [0.25, 0.3) is 0 Å². The van der Waals surface area contributed by atoms with Gasteiger partial charge in [-0.05, 0) is 18.7 Å². The van der Waals surface area contributed by atoms with Crippen molar-refractivity contribution in [2.24, 2.45) is 0 Å². The van der Waals surface area contributed by atoms with Crippen LogP contribution in [0.2, 0.25) is 0 Å². The fraction of sp³-hybridized carbons (Fsp3) is 0.538. The van der Waals surface area contributed by atoms with Gasteiger partial charge in [-0.1, -0.05) is 6.08 Å². The van der Waals surface area contributed by atoms with Crippen LogP contribution in [0.5, 0.6) is 0 Å². The molecule has 1 unspecified atom stereocenters. The highest BCUT2D eigenvalue weighted by atomic mass is 16.5. The van der Waals surface area contributed by atoms with Gasteiger partial charge < -0.3 is 15.0 Å². The first-order chi connectivity index (χ1) is 8.93. The van der Waals surface area contributed by atoms with E-state index in [-0.39, 0.29) is 0 Å². The molecule has 0 spiro atoms. The summed E-state index contributed by atoms with van der Waals surface area (Å²) in [4.78, 5) is 11.4. The van der Waals surface area contributed by atoms with E-state index in [0.29, 0.717) is 5.92 Å². The lowest BCUT2D eigenvalue weighted by Crippen LogP contribution is -2.37. The van der Waals surface area contributed by atoms with Crippen molar-refractivity contribution in [2.45, 2.75) is 12.3 Å². The molecule has 1 fully saturated rings. The number of nitrogens with zero attached hydrogens (tertiary/aromatic N) is 3. The average Bonchev–Trinajstić information content (AvgIpc) is 2.49. The standard InChI is InChI=1S/C13H18N4O/c1-4-14-5-2-11(1)13-15-6-3-12(16-13)17-7-9-18-10-8-17/h1,3-4,6,11,14H,2,5,7-10H2. The molecule has 0 saturated carbocycles. The first kappa shape index (κ1) is 11.5. The predicted molar refractivity (Wildman–Crippen MR) is 69.6 cm³/mol. The van der Waals surface area contributed by atoms with Gasteiger partial charge in [0.1, 0.15) is 11.6 Å². The van der Waals surface area contributed by atoms with Crippen molar-refractivity contribution in [1.82, 2.24) is 15.3 Å². The lowest BCUT2D eigenvalue weighted by Gasteiger charge is -2.28. The quantitative estimate of drug-likeness (QED) is 0.840. The Morgan fingerprint density at radius 2 is 2.22 bits per heavy atom. The highest BCUT2D eigenvalue weighted by Crippen LogP contribution is 2.21. The molecule has 1 aromatic rings. The Labute approximate surface area is 107 Å². The van der Waals surface area contributed by atoms with Gasteiger partial charge in [-0.25, -0.2) is 9.97 Å². The maximum absolute atomic E-state index is 5.36. The molecule has 0 aliphatic carbocycles. The molecule has 1 atom stereocenters. The molecule has 3 rings (SSSR count). The monoisotopic (exact) mass is 246 g/mol. The minimum Gasteiger partial charge on any atom is -0.391 e. The molecule has 0 radical (unpaired) electrons. The summed E-state index contributed by atoms with van der Waals surface area (Å²) >= 11 is 0. The van der Waals surface area contributed by atoms with Crippen molar-refractivity contribution in [3.63, 3.8) is 0 Å². The highest BCUT2D eigenvalue weighted by molar-refractivity contribution is 5.38. The average molecular weight is 246 g/mol. The maximum atomic E-state index is 5.36. The molecule has 0 aromatic carbocycles. The van der Waals surface area contributed by atoms with Gasteiger partial charge in [-0.15, -0.1) is 0 Å². The number of rotatable bonds is 2. The molecule has 5 nitrogen and oxygen atoms in total. The number of allylic oxidation sites excluding steroid dienone is 1. The Morgan fingerprint density at radius 1 is 1.33 bits per heavy atom. The number of ether oxygens (including phenoxy) is 1. The molecule has 2 aliphatic heterocycles. The van der Waals surface area contributed by atoms with Crippen LogP contribution in [0.4, 0.5) is 5.82 Å². The molecule has 5 heteroatoms. The van der Waals surface area contributed by atoms with E-state index in [1.54, 1.807) is 0 Å².